The molecule has 23 heavy (non-hydrogen) atoms. The van der Waals surface area contributed by atoms with E-state index in [-0.39, 0.29) is 11.4 Å². The minimum Gasteiger partial charge on any atom is -0.346 e. The van der Waals surface area contributed by atoms with Crippen molar-refractivity contribution in [2.24, 2.45) is 0 Å². The topological polar surface area (TPSA) is 70.7 Å². The maximum absolute atomic E-state index is 12.4. The quantitative estimate of drug-likeness (QED) is 0.661. The fourth-order valence-corrected chi connectivity index (χ4v) is 3.52. The van der Waals surface area contributed by atoms with Crippen molar-refractivity contribution < 1.29 is 4.79 Å². The summed E-state index contributed by atoms with van der Waals surface area (Å²) in [5.74, 6) is 0.388. The van der Waals surface area contributed by atoms with Gasteiger partial charge in [-0.3, -0.25) is 4.79 Å². The largest absolute Gasteiger partial charge is 0.346 e. The maximum Gasteiger partial charge on any atom is 0.268 e. The number of hydrogen-bond acceptors (Lipinski definition) is 4. The van der Waals surface area contributed by atoms with Gasteiger partial charge in [0.15, 0.2) is 5.16 Å². The molecule has 0 atom stereocenters. The van der Waals surface area contributed by atoms with Crippen LogP contribution in [0.15, 0.2) is 11.2 Å². The highest BCUT2D eigenvalue weighted by Gasteiger charge is 2.24. The molecule has 2 heterocycles. The number of rotatable bonds is 3. The van der Waals surface area contributed by atoms with Gasteiger partial charge in [0.1, 0.15) is 11.3 Å². The Morgan fingerprint density at radius 1 is 1.30 bits per heavy atom. The van der Waals surface area contributed by atoms with E-state index in [1.165, 1.54) is 25.7 Å². The van der Waals surface area contributed by atoms with Gasteiger partial charge >= 0.3 is 0 Å². The van der Waals surface area contributed by atoms with Crippen molar-refractivity contribution in [2.75, 3.05) is 6.26 Å². The van der Waals surface area contributed by atoms with E-state index in [4.69, 9.17) is 4.98 Å². The number of carbonyl (C=O) groups is 1. The Labute approximate surface area is 141 Å². The van der Waals surface area contributed by atoms with Gasteiger partial charge in [0, 0.05) is 16.8 Å². The number of amides is 1. The summed E-state index contributed by atoms with van der Waals surface area (Å²) in [7, 11) is 0. The van der Waals surface area contributed by atoms with Crippen LogP contribution >= 0.6 is 11.8 Å². The Morgan fingerprint density at radius 2 is 2.00 bits per heavy atom. The molecule has 5 nitrogen and oxygen atoms in total. The number of nitrogens with one attached hydrogen (secondary N) is 2. The zero-order chi connectivity index (χ0) is 16.6. The number of carbonyl (C=O) groups excluding carboxylic acids is 1. The van der Waals surface area contributed by atoms with Crippen LogP contribution in [-0.2, 0) is 0 Å². The van der Waals surface area contributed by atoms with Crippen molar-refractivity contribution in [2.45, 2.75) is 63.1 Å². The molecule has 0 radical (unpaired) electrons. The van der Waals surface area contributed by atoms with Crippen molar-refractivity contribution >= 4 is 28.7 Å². The molecular weight excluding hydrogens is 308 g/mol. The Balaban J connectivity index is 2.03. The molecule has 2 N–H and O–H groups in total. The summed E-state index contributed by atoms with van der Waals surface area (Å²) >= 11 is 1.54. The molecule has 1 aliphatic carbocycles. The smallest absolute Gasteiger partial charge is 0.268 e. The summed E-state index contributed by atoms with van der Waals surface area (Å²) in [6, 6.07) is 1.91. The molecule has 0 saturated heterocycles. The van der Waals surface area contributed by atoms with E-state index in [1.54, 1.807) is 11.8 Å². The fraction of sp³-hybridized carbons (Fsp3) is 0.588. The third kappa shape index (κ3) is 3.52. The predicted octanol–water partition coefficient (Wildman–Crippen LogP) is 3.87. The molecule has 0 aromatic carbocycles. The number of nitrogens with zero attached hydrogens (tertiary/aromatic N) is 2. The third-order valence-electron chi connectivity index (χ3n) is 4.15. The first-order valence-electron chi connectivity index (χ1n) is 8.14. The zero-order valence-electron chi connectivity index (χ0n) is 14.2. The van der Waals surface area contributed by atoms with Crippen LogP contribution in [0.3, 0.4) is 0 Å². The highest BCUT2D eigenvalue weighted by molar-refractivity contribution is 7.98. The van der Waals surface area contributed by atoms with Gasteiger partial charge in [0.2, 0.25) is 0 Å². The van der Waals surface area contributed by atoms with Crippen LogP contribution in [0.5, 0.6) is 0 Å². The monoisotopic (exact) mass is 332 g/mol. The summed E-state index contributed by atoms with van der Waals surface area (Å²) in [5, 5.41) is 4.75. The van der Waals surface area contributed by atoms with Crippen LogP contribution in [0.1, 0.15) is 68.6 Å². The van der Waals surface area contributed by atoms with E-state index in [1.807, 2.05) is 33.1 Å². The highest BCUT2D eigenvalue weighted by atomic mass is 32.2. The normalized spacial score (nSPS) is 16.2. The number of thioether (sulfide) groups is 1. The van der Waals surface area contributed by atoms with E-state index >= 15 is 0 Å². The van der Waals surface area contributed by atoms with E-state index in [2.05, 4.69) is 15.3 Å². The third-order valence-corrected chi connectivity index (χ3v) is 4.70. The van der Waals surface area contributed by atoms with Crippen LogP contribution in [0.4, 0.5) is 0 Å². The second-order valence-electron chi connectivity index (χ2n) is 7.23. The molecule has 0 unspecified atom stereocenters. The number of H-pyrrole nitrogens is 1. The molecule has 124 valence electrons. The molecule has 0 spiro atoms. The molecule has 1 aliphatic rings. The Morgan fingerprint density at radius 3 is 2.61 bits per heavy atom. The van der Waals surface area contributed by atoms with Crippen molar-refractivity contribution in [3.63, 3.8) is 0 Å². The maximum atomic E-state index is 12.4. The lowest BCUT2D eigenvalue weighted by molar-refractivity contribution is 0.0915. The van der Waals surface area contributed by atoms with Crippen molar-refractivity contribution in [1.82, 2.24) is 20.3 Å². The number of fused-ring (bicyclic) bond motifs is 1. The lowest BCUT2D eigenvalue weighted by Gasteiger charge is -2.19. The zero-order valence-corrected chi connectivity index (χ0v) is 15.0. The van der Waals surface area contributed by atoms with Gasteiger partial charge in [-0.25, -0.2) is 9.97 Å². The Kier molecular flexibility index (Phi) is 4.36. The first kappa shape index (κ1) is 16.3. The molecule has 2 aromatic heterocycles. The van der Waals surface area contributed by atoms with Gasteiger partial charge < -0.3 is 10.3 Å². The van der Waals surface area contributed by atoms with Gasteiger partial charge in [0.05, 0.1) is 5.69 Å². The van der Waals surface area contributed by atoms with Gasteiger partial charge in [-0.1, -0.05) is 24.6 Å². The summed E-state index contributed by atoms with van der Waals surface area (Å²) in [6.07, 6.45) is 6.85. The SMILES string of the molecule is CSc1nc(C2CCCC2)c2cc(C(=O)NC(C)(C)C)[nH]c2n1. The number of aromatic amines is 1. The van der Waals surface area contributed by atoms with Gasteiger partial charge in [-0.2, -0.15) is 0 Å². The molecule has 0 aliphatic heterocycles. The summed E-state index contributed by atoms with van der Waals surface area (Å²) in [4.78, 5) is 24.9. The van der Waals surface area contributed by atoms with Crippen LogP contribution in [-0.4, -0.2) is 32.7 Å². The molecule has 6 heteroatoms. The Bertz CT molecular complexity index is 726. The molecule has 2 aromatic rings. The van der Waals surface area contributed by atoms with Crippen LogP contribution in [0.2, 0.25) is 0 Å². The number of aromatic nitrogens is 3. The minimum absolute atomic E-state index is 0.0985. The second-order valence-corrected chi connectivity index (χ2v) is 8.00. The minimum atomic E-state index is -0.265. The van der Waals surface area contributed by atoms with Crippen LogP contribution in [0.25, 0.3) is 11.0 Å². The highest BCUT2D eigenvalue weighted by Crippen LogP contribution is 2.37. The Hall–Kier alpha value is -1.56. The molecular formula is C17H24N4OS. The van der Waals surface area contributed by atoms with Crippen molar-refractivity contribution in [3.8, 4) is 0 Å². The predicted molar refractivity (Wildman–Crippen MR) is 94.1 cm³/mol. The molecule has 0 bridgehead atoms. The van der Waals surface area contributed by atoms with Crippen molar-refractivity contribution in [1.29, 1.82) is 0 Å². The van der Waals surface area contributed by atoms with Crippen LogP contribution < -0.4 is 5.32 Å². The lowest BCUT2D eigenvalue weighted by atomic mass is 10.0. The van der Waals surface area contributed by atoms with E-state index < -0.39 is 0 Å². The second kappa shape index (κ2) is 6.15. The average Bonchev–Trinajstić information content (AvgIpc) is 3.13. The average molecular weight is 332 g/mol. The van der Waals surface area contributed by atoms with E-state index in [0.717, 1.165) is 21.9 Å². The van der Waals surface area contributed by atoms with E-state index in [9.17, 15) is 4.79 Å². The summed E-state index contributed by atoms with van der Waals surface area (Å²) < 4.78 is 0. The first-order chi connectivity index (χ1) is 10.9. The molecule has 1 amide bonds. The van der Waals surface area contributed by atoms with Gasteiger partial charge in [-0.15, -0.1) is 0 Å². The summed E-state index contributed by atoms with van der Waals surface area (Å²) in [5.41, 5.74) is 2.16. The standard InChI is InChI=1S/C17H24N4OS/c1-17(2,3)21-15(22)12-9-11-13(10-7-5-6-8-10)19-16(23-4)20-14(11)18-12/h9-10H,5-8H2,1-4H3,(H,21,22)(H,18,19,20). The molecule has 3 rings (SSSR count). The summed E-state index contributed by atoms with van der Waals surface area (Å²) in [6.45, 7) is 5.93. The lowest BCUT2D eigenvalue weighted by Crippen LogP contribution is -2.40. The molecule has 1 fully saturated rings. The van der Waals surface area contributed by atoms with E-state index in [0.29, 0.717) is 11.6 Å². The molecule has 1 saturated carbocycles. The van der Waals surface area contributed by atoms with Gasteiger partial charge in [-0.05, 0) is 45.9 Å². The van der Waals surface area contributed by atoms with Crippen LogP contribution in [0, 0.1) is 0 Å². The van der Waals surface area contributed by atoms with Crippen molar-refractivity contribution in [3.05, 3.63) is 17.5 Å². The first-order valence-corrected chi connectivity index (χ1v) is 9.37. The number of hydrogen-bond donors (Lipinski definition) is 2. The fourth-order valence-electron chi connectivity index (χ4n) is 3.14. The van der Waals surface area contributed by atoms with Gasteiger partial charge in [0.25, 0.3) is 5.91 Å².